The van der Waals surface area contributed by atoms with Crippen molar-refractivity contribution >= 4 is 11.9 Å². The van der Waals surface area contributed by atoms with E-state index in [4.69, 9.17) is 0 Å². The lowest BCUT2D eigenvalue weighted by atomic mass is 10.2. The van der Waals surface area contributed by atoms with Crippen LogP contribution in [-0.2, 0) is 14.3 Å². The Kier molecular flexibility index (Phi) is 6.17. The largest absolute Gasteiger partial charge is 0.510 e. The summed E-state index contributed by atoms with van der Waals surface area (Å²) in [4.78, 5) is 21.6. The maximum absolute atomic E-state index is 10.9. The normalized spacial score (nSPS) is 13.1. The van der Waals surface area contributed by atoms with Gasteiger partial charge in [0, 0.05) is 6.92 Å². The van der Waals surface area contributed by atoms with Crippen molar-refractivity contribution in [2.75, 3.05) is 6.61 Å². The fourth-order valence-electron chi connectivity index (χ4n) is 0.963. The molecule has 1 atom stereocenters. The summed E-state index contributed by atoms with van der Waals surface area (Å²) in [6.45, 7) is 5.00. The number of amides is 1. The molecule has 0 fully saturated rings. The van der Waals surface area contributed by atoms with Crippen molar-refractivity contribution in [1.82, 2.24) is 5.32 Å². The standard InChI is InChI=1S/C10H17NO4/c1-4-15-10(14)6-5-9(13)7(2)11-8(3)12/h5,7,13H,4,6H2,1-3H3,(H,11,12)/b9-5-/t7-/m0/s1. The van der Waals surface area contributed by atoms with E-state index >= 15 is 0 Å². The highest BCUT2D eigenvalue weighted by Crippen LogP contribution is 2.00. The molecule has 0 heterocycles. The van der Waals surface area contributed by atoms with Crippen molar-refractivity contribution in [2.24, 2.45) is 0 Å². The first-order valence-electron chi connectivity index (χ1n) is 4.79. The summed E-state index contributed by atoms with van der Waals surface area (Å²) >= 11 is 0. The highest BCUT2D eigenvalue weighted by atomic mass is 16.5. The number of carbonyl (C=O) groups is 2. The van der Waals surface area contributed by atoms with Crippen LogP contribution in [0.4, 0.5) is 0 Å². The van der Waals surface area contributed by atoms with Crippen molar-refractivity contribution in [3.8, 4) is 0 Å². The first-order valence-corrected chi connectivity index (χ1v) is 4.79. The molecule has 1 amide bonds. The zero-order chi connectivity index (χ0) is 11.8. The van der Waals surface area contributed by atoms with Crippen molar-refractivity contribution in [2.45, 2.75) is 33.2 Å². The molecule has 0 spiro atoms. The van der Waals surface area contributed by atoms with Gasteiger partial charge in [0.2, 0.25) is 5.91 Å². The van der Waals surface area contributed by atoms with Crippen molar-refractivity contribution in [1.29, 1.82) is 0 Å². The lowest BCUT2D eigenvalue weighted by molar-refractivity contribution is -0.142. The van der Waals surface area contributed by atoms with Gasteiger partial charge in [-0.3, -0.25) is 9.59 Å². The number of carbonyl (C=O) groups excluding carboxylic acids is 2. The Bertz CT molecular complexity index is 260. The Balaban J connectivity index is 4.07. The van der Waals surface area contributed by atoms with E-state index in [1.165, 1.54) is 13.0 Å². The third-order valence-electron chi connectivity index (χ3n) is 1.65. The molecule has 2 N–H and O–H groups in total. The maximum atomic E-state index is 10.9. The second-order valence-corrected chi connectivity index (χ2v) is 3.06. The summed E-state index contributed by atoms with van der Waals surface area (Å²) in [6.07, 6.45) is 1.34. The average Bonchev–Trinajstić information content (AvgIpc) is 2.13. The van der Waals surface area contributed by atoms with Crippen molar-refractivity contribution < 1.29 is 19.4 Å². The van der Waals surface area contributed by atoms with Gasteiger partial charge in [-0.15, -0.1) is 0 Å². The van der Waals surface area contributed by atoms with E-state index in [2.05, 4.69) is 10.1 Å². The van der Waals surface area contributed by atoms with Crippen LogP contribution in [0.5, 0.6) is 0 Å². The monoisotopic (exact) mass is 215 g/mol. The Morgan fingerprint density at radius 2 is 2.13 bits per heavy atom. The first kappa shape index (κ1) is 13.5. The molecule has 0 aromatic carbocycles. The summed E-state index contributed by atoms with van der Waals surface area (Å²) in [7, 11) is 0. The molecule has 0 aliphatic rings. The van der Waals surface area contributed by atoms with Crippen LogP contribution in [0.25, 0.3) is 0 Å². The van der Waals surface area contributed by atoms with E-state index in [-0.39, 0.29) is 18.1 Å². The van der Waals surface area contributed by atoms with Gasteiger partial charge in [-0.2, -0.15) is 0 Å². The van der Waals surface area contributed by atoms with E-state index < -0.39 is 12.0 Å². The third-order valence-corrected chi connectivity index (χ3v) is 1.65. The number of ether oxygens (including phenoxy) is 1. The zero-order valence-corrected chi connectivity index (χ0v) is 9.24. The zero-order valence-electron chi connectivity index (χ0n) is 9.24. The lowest BCUT2D eigenvalue weighted by Crippen LogP contribution is -2.32. The molecule has 0 radical (unpaired) electrons. The molecule has 15 heavy (non-hydrogen) atoms. The number of esters is 1. The SMILES string of the molecule is CCOC(=O)C/C=C(\O)[C@H](C)NC(C)=O. The minimum absolute atomic E-state index is 0.00357. The molecule has 0 bridgehead atoms. The minimum atomic E-state index is -0.489. The van der Waals surface area contributed by atoms with Gasteiger partial charge in [0.1, 0.15) is 5.76 Å². The topological polar surface area (TPSA) is 75.6 Å². The molecule has 0 unspecified atom stereocenters. The van der Waals surface area contributed by atoms with Gasteiger partial charge in [0.05, 0.1) is 19.1 Å². The van der Waals surface area contributed by atoms with Gasteiger partial charge in [-0.25, -0.2) is 0 Å². The third kappa shape index (κ3) is 6.54. The van der Waals surface area contributed by atoms with Crippen LogP contribution >= 0.6 is 0 Å². The predicted octanol–water partition coefficient (Wildman–Crippen LogP) is 0.906. The van der Waals surface area contributed by atoms with Crippen LogP contribution in [0.2, 0.25) is 0 Å². The Morgan fingerprint density at radius 1 is 1.53 bits per heavy atom. The van der Waals surface area contributed by atoms with Gasteiger partial charge in [0.25, 0.3) is 0 Å². The second kappa shape index (κ2) is 6.86. The number of hydrogen-bond donors (Lipinski definition) is 2. The van der Waals surface area contributed by atoms with E-state index in [1.807, 2.05) is 0 Å². The Hall–Kier alpha value is -1.52. The Morgan fingerprint density at radius 3 is 2.60 bits per heavy atom. The van der Waals surface area contributed by atoms with Crippen molar-refractivity contribution in [3.63, 3.8) is 0 Å². The van der Waals surface area contributed by atoms with Crippen LogP contribution in [0.3, 0.4) is 0 Å². The van der Waals surface area contributed by atoms with E-state index in [1.54, 1.807) is 13.8 Å². The summed E-state index contributed by atoms with van der Waals surface area (Å²) in [5.74, 6) is -0.684. The number of aliphatic hydroxyl groups excluding tert-OH is 1. The van der Waals surface area contributed by atoms with E-state index in [9.17, 15) is 14.7 Å². The van der Waals surface area contributed by atoms with Gasteiger partial charge < -0.3 is 15.2 Å². The molecule has 5 heteroatoms. The van der Waals surface area contributed by atoms with E-state index in [0.29, 0.717) is 6.61 Å². The highest BCUT2D eigenvalue weighted by Gasteiger charge is 2.08. The molecule has 0 rings (SSSR count). The van der Waals surface area contributed by atoms with Crippen LogP contribution in [0, 0.1) is 0 Å². The average molecular weight is 215 g/mol. The molecule has 0 aromatic heterocycles. The van der Waals surface area contributed by atoms with Crippen LogP contribution in [-0.4, -0.2) is 29.6 Å². The molecule has 86 valence electrons. The van der Waals surface area contributed by atoms with Gasteiger partial charge in [-0.05, 0) is 19.9 Å². The number of rotatable bonds is 5. The molecular weight excluding hydrogens is 198 g/mol. The molecule has 0 aliphatic heterocycles. The number of nitrogens with one attached hydrogen (secondary N) is 1. The molecule has 0 saturated heterocycles. The summed E-state index contributed by atoms with van der Waals surface area (Å²) in [6, 6.07) is -0.489. The predicted molar refractivity (Wildman–Crippen MR) is 55.2 cm³/mol. The van der Waals surface area contributed by atoms with Crippen molar-refractivity contribution in [3.05, 3.63) is 11.8 Å². The molecule has 0 aromatic rings. The minimum Gasteiger partial charge on any atom is -0.510 e. The number of aliphatic hydroxyl groups is 1. The summed E-state index contributed by atoms with van der Waals surface area (Å²) < 4.78 is 4.67. The summed E-state index contributed by atoms with van der Waals surface area (Å²) in [5, 5.41) is 11.9. The fraction of sp³-hybridized carbons (Fsp3) is 0.600. The quantitative estimate of drug-likeness (QED) is 0.528. The molecule has 5 nitrogen and oxygen atoms in total. The van der Waals surface area contributed by atoms with Gasteiger partial charge in [0.15, 0.2) is 0 Å². The van der Waals surface area contributed by atoms with Crippen LogP contribution in [0.15, 0.2) is 11.8 Å². The highest BCUT2D eigenvalue weighted by molar-refractivity contribution is 5.73. The second-order valence-electron chi connectivity index (χ2n) is 3.06. The van der Waals surface area contributed by atoms with Gasteiger partial charge in [-0.1, -0.05) is 0 Å². The fourth-order valence-corrected chi connectivity index (χ4v) is 0.963. The van der Waals surface area contributed by atoms with Gasteiger partial charge >= 0.3 is 5.97 Å². The van der Waals surface area contributed by atoms with E-state index in [0.717, 1.165) is 0 Å². The molecule has 0 saturated carbocycles. The maximum Gasteiger partial charge on any atom is 0.309 e. The molecule has 0 aliphatic carbocycles. The van der Waals surface area contributed by atoms with Crippen LogP contribution in [0.1, 0.15) is 27.2 Å². The van der Waals surface area contributed by atoms with Crippen LogP contribution < -0.4 is 5.32 Å². The number of hydrogen-bond acceptors (Lipinski definition) is 4. The molecular formula is C10H17NO4. The smallest absolute Gasteiger partial charge is 0.309 e. The first-order chi connectivity index (χ1) is 6.97. The summed E-state index contributed by atoms with van der Waals surface area (Å²) in [5.41, 5.74) is 0. The lowest BCUT2D eigenvalue weighted by Gasteiger charge is -2.11. The Labute approximate surface area is 89.1 Å².